The molecule has 0 aliphatic rings. The molecule has 0 bridgehead atoms. The largest absolute Gasteiger partial charge is 0.388 e. The molecule has 0 saturated heterocycles. The molecule has 0 aromatic heterocycles. The summed E-state index contributed by atoms with van der Waals surface area (Å²) in [4.78, 5) is 0. The molecule has 2 aromatic rings. The van der Waals surface area contributed by atoms with Crippen LogP contribution in [0.3, 0.4) is 0 Å². The van der Waals surface area contributed by atoms with Crippen LogP contribution >= 0.6 is 0 Å². The highest BCUT2D eigenvalue weighted by Gasteiger charge is 1.94. The van der Waals surface area contributed by atoms with E-state index in [4.69, 9.17) is 11.1 Å². The molecule has 0 radical (unpaired) electrons. The van der Waals surface area contributed by atoms with Crippen molar-refractivity contribution in [2.45, 2.75) is 13.8 Å². The van der Waals surface area contributed by atoms with E-state index in [1.165, 1.54) is 16.7 Å². The van der Waals surface area contributed by atoms with Crippen molar-refractivity contribution >= 4 is 17.6 Å². The van der Waals surface area contributed by atoms with Crippen LogP contribution in [0, 0.1) is 19.3 Å². The summed E-state index contributed by atoms with van der Waals surface area (Å²) in [7, 11) is 1.85. The van der Waals surface area contributed by atoms with Crippen LogP contribution in [0.5, 0.6) is 0 Å². The SMILES string of the molecule is C=Cc1ccc(C)cc1C.CNc1ccc(C(=N)N)cc1. The monoisotopic (exact) mass is 281 g/mol. The number of anilines is 1. The zero-order valence-electron chi connectivity index (χ0n) is 12.9. The van der Waals surface area contributed by atoms with Crippen molar-refractivity contribution in [2.75, 3.05) is 12.4 Å². The van der Waals surface area contributed by atoms with Gasteiger partial charge in [-0.25, -0.2) is 0 Å². The highest BCUT2D eigenvalue weighted by molar-refractivity contribution is 5.95. The molecule has 21 heavy (non-hydrogen) atoms. The first-order chi connectivity index (χ1) is 9.97. The normalized spacial score (nSPS) is 9.29. The van der Waals surface area contributed by atoms with Crippen molar-refractivity contribution in [3.05, 3.63) is 71.3 Å². The second kappa shape index (κ2) is 7.90. The van der Waals surface area contributed by atoms with Crippen molar-refractivity contribution in [3.8, 4) is 0 Å². The predicted molar refractivity (Wildman–Crippen MR) is 93.0 cm³/mol. The van der Waals surface area contributed by atoms with E-state index in [0.717, 1.165) is 11.3 Å². The number of amidine groups is 1. The lowest BCUT2D eigenvalue weighted by Gasteiger charge is -2.00. The molecule has 2 aromatic carbocycles. The second-order valence-corrected chi connectivity index (χ2v) is 4.81. The lowest BCUT2D eigenvalue weighted by molar-refractivity contribution is 1.37. The van der Waals surface area contributed by atoms with Gasteiger partial charge in [-0.15, -0.1) is 0 Å². The molecular weight excluding hydrogens is 258 g/mol. The number of nitrogen functional groups attached to an aromatic ring is 1. The van der Waals surface area contributed by atoms with Gasteiger partial charge in [0.2, 0.25) is 0 Å². The molecule has 0 aliphatic heterocycles. The highest BCUT2D eigenvalue weighted by atomic mass is 14.8. The average molecular weight is 281 g/mol. The number of benzene rings is 2. The number of nitrogens with two attached hydrogens (primary N) is 1. The Labute approximate surface area is 127 Å². The molecule has 3 heteroatoms. The van der Waals surface area contributed by atoms with Crippen LogP contribution in [0.4, 0.5) is 5.69 Å². The fourth-order valence-electron chi connectivity index (χ4n) is 1.87. The zero-order chi connectivity index (χ0) is 15.8. The maximum Gasteiger partial charge on any atom is 0.122 e. The van der Waals surface area contributed by atoms with Crippen LogP contribution in [0.25, 0.3) is 6.08 Å². The third-order valence-corrected chi connectivity index (χ3v) is 3.13. The quantitative estimate of drug-likeness (QED) is 0.589. The molecule has 4 N–H and O–H groups in total. The minimum absolute atomic E-state index is 0.104. The van der Waals surface area contributed by atoms with Gasteiger partial charge in [0.25, 0.3) is 0 Å². The number of hydrogen-bond donors (Lipinski definition) is 3. The number of nitrogens with one attached hydrogen (secondary N) is 2. The standard InChI is InChI=1S/C10H12.C8H11N3/c1-4-10-6-5-8(2)7-9(10)3;1-11-7-4-2-6(3-5-7)8(9)10/h4-7H,1H2,2-3H3;2-5,11H,1H3,(H3,9,10). The molecule has 0 amide bonds. The van der Waals surface area contributed by atoms with Crippen LogP contribution in [-0.2, 0) is 0 Å². The van der Waals surface area contributed by atoms with Gasteiger partial charge in [-0.2, -0.15) is 0 Å². The van der Waals surface area contributed by atoms with Gasteiger partial charge in [0.05, 0.1) is 0 Å². The van der Waals surface area contributed by atoms with Crippen LogP contribution in [0.15, 0.2) is 49.0 Å². The van der Waals surface area contributed by atoms with E-state index >= 15 is 0 Å². The molecule has 110 valence electrons. The molecule has 0 saturated carbocycles. The first-order valence-electron chi connectivity index (χ1n) is 6.79. The number of aryl methyl sites for hydroxylation is 2. The minimum Gasteiger partial charge on any atom is -0.388 e. The summed E-state index contributed by atoms with van der Waals surface area (Å²) in [6.45, 7) is 7.92. The first-order valence-corrected chi connectivity index (χ1v) is 6.79. The Morgan fingerprint density at radius 2 is 1.76 bits per heavy atom. The molecule has 3 nitrogen and oxygen atoms in total. The Hall–Kier alpha value is -2.55. The van der Waals surface area contributed by atoms with E-state index in [0.29, 0.717) is 0 Å². The van der Waals surface area contributed by atoms with E-state index in [2.05, 4.69) is 43.9 Å². The maximum atomic E-state index is 7.12. The van der Waals surface area contributed by atoms with Crippen molar-refractivity contribution in [1.82, 2.24) is 0 Å². The van der Waals surface area contributed by atoms with Crippen LogP contribution in [0.2, 0.25) is 0 Å². The lowest BCUT2D eigenvalue weighted by Crippen LogP contribution is -2.10. The van der Waals surface area contributed by atoms with Crippen LogP contribution < -0.4 is 11.1 Å². The Bertz CT molecular complexity index is 613. The molecular formula is C18H23N3. The Morgan fingerprint density at radius 1 is 1.14 bits per heavy atom. The Morgan fingerprint density at radius 3 is 2.19 bits per heavy atom. The summed E-state index contributed by atoms with van der Waals surface area (Å²) < 4.78 is 0. The molecule has 0 unspecified atom stereocenters. The van der Waals surface area contributed by atoms with Crippen molar-refractivity contribution in [2.24, 2.45) is 5.73 Å². The lowest BCUT2D eigenvalue weighted by atomic mass is 10.1. The van der Waals surface area contributed by atoms with Gasteiger partial charge in [0.1, 0.15) is 5.84 Å². The van der Waals surface area contributed by atoms with Gasteiger partial charge in [0.15, 0.2) is 0 Å². The summed E-state index contributed by atoms with van der Waals surface area (Å²) in [5.74, 6) is 0.104. The third kappa shape index (κ3) is 5.15. The van der Waals surface area contributed by atoms with E-state index in [9.17, 15) is 0 Å². The molecule has 0 aliphatic carbocycles. The topological polar surface area (TPSA) is 61.9 Å². The molecule has 0 heterocycles. The predicted octanol–water partition coefficient (Wildman–Crippen LogP) is 3.96. The van der Waals surface area contributed by atoms with Crippen molar-refractivity contribution in [1.29, 1.82) is 5.41 Å². The Balaban J connectivity index is 0.000000211. The maximum absolute atomic E-state index is 7.12. The summed E-state index contributed by atoms with van der Waals surface area (Å²) in [5.41, 5.74) is 10.9. The van der Waals surface area contributed by atoms with E-state index < -0.39 is 0 Å². The third-order valence-electron chi connectivity index (χ3n) is 3.13. The van der Waals surface area contributed by atoms with E-state index in [-0.39, 0.29) is 5.84 Å². The number of hydrogen-bond acceptors (Lipinski definition) is 2. The fraction of sp³-hybridized carbons (Fsp3) is 0.167. The van der Waals surface area contributed by atoms with Crippen LogP contribution in [-0.4, -0.2) is 12.9 Å². The van der Waals surface area contributed by atoms with E-state index in [1.807, 2.05) is 37.4 Å². The van der Waals surface area contributed by atoms with Gasteiger partial charge in [-0.05, 0) is 49.2 Å². The van der Waals surface area contributed by atoms with Gasteiger partial charge in [0, 0.05) is 18.3 Å². The van der Waals surface area contributed by atoms with Crippen molar-refractivity contribution < 1.29 is 0 Å². The summed E-state index contributed by atoms with van der Waals surface area (Å²) in [6.07, 6.45) is 1.88. The molecule has 2 rings (SSSR count). The molecule has 0 atom stereocenters. The summed E-state index contributed by atoms with van der Waals surface area (Å²) in [5, 5.41) is 10.1. The van der Waals surface area contributed by atoms with Gasteiger partial charge in [-0.3, -0.25) is 5.41 Å². The summed E-state index contributed by atoms with van der Waals surface area (Å²) in [6, 6.07) is 13.8. The molecule has 0 fully saturated rings. The van der Waals surface area contributed by atoms with Gasteiger partial charge >= 0.3 is 0 Å². The fourth-order valence-corrected chi connectivity index (χ4v) is 1.87. The first kappa shape index (κ1) is 16.5. The van der Waals surface area contributed by atoms with E-state index in [1.54, 1.807) is 0 Å². The Kier molecular flexibility index (Phi) is 6.21. The zero-order valence-corrected chi connectivity index (χ0v) is 12.9. The minimum atomic E-state index is 0.104. The van der Waals surface area contributed by atoms with Gasteiger partial charge < -0.3 is 11.1 Å². The smallest absolute Gasteiger partial charge is 0.122 e. The van der Waals surface area contributed by atoms with Crippen molar-refractivity contribution in [3.63, 3.8) is 0 Å². The van der Waals surface area contributed by atoms with Gasteiger partial charge in [-0.1, -0.05) is 36.4 Å². The second-order valence-electron chi connectivity index (χ2n) is 4.81. The van der Waals surface area contributed by atoms with Crippen LogP contribution in [0.1, 0.15) is 22.3 Å². The highest BCUT2D eigenvalue weighted by Crippen LogP contribution is 2.10. The summed E-state index contributed by atoms with van der Waals surface area (Å²) >= 11 is 0. The number of rotatable bonds is 3. The average Bonchev–Trinajstić information content (AvgIpc) is 2.48. The molecule has 0 spiro atoms.